The van der Waals surface area contributed by atoms with Crippen LogP contribution in [0.25, 0.3) is 0 Å². The number of amides is 1. The molecule has 2 saturated heterocycles. The van der Waals surface area contributed by atoms with Crippen molar-refractivity contribution in [2.24, 2.45) is 5.92 Å². The van der Waals surface area contributed by atoms with Gasteiger partial charge in [0, 0.05) is 18.4 Å². The van der Waals surface area contributed by atoms with Gasteiger partial charge in [-0.2, -0.15) is 13.2 Å². The third-order valence-electron chi connectivity index (χ3n) is 5.68. The van der Waals surface area contributed by atoms with Crippen LogP contribution in [0.5, 0.6) is 5.75 Å². The van der Waals surface area contributed by atoms with Gasteiger partial charge >= 0.3 is 12.1 Å². The summed E-state index contributed by atoms with van der Waals surface area (Å²) in [6.07, 6.45) is 0.345. The molecule has 10 heteroatoms. The van der Waals surface area contributed by atoms with Crippen molar-refractivity contribution in [1.82, 2.24) is 9.88 Å². The number of rotatable bonds is 5. The number of halogens is 3. The second kappa shape index (κ2) is 10.2. The Morgan fingerprint density at radius 3 is 2.61 bits per heavy atom. The first-order chi connectivity index (χ1) is 15.6. The summed E-state index contributed by atoms with van der Waals surface area (Å²) in [5, 5.41) is 7.12. The highest BCUT2D eigenvalue weighted by atomic mass is 19.4. The van der Waals surface area contributed by atoms with Crippen LogP contribution in [0.4, 0.5) is 13.2 Å². The van der Waals surface area contributed by atoms with Crippen molar-refractivity contribution in [3.63, 3.8) is 0 Å². The lowest BCUT2D eigenvalue weighted by atomic mass is 9.79. The second-order valence-corrected chi connectivity index (χ2v) is 8.06. The Bertz CT molecular complexity index is 962. The number of carbonyl (C=O) groups is 2. The van der Waals surface area contributed by atoms with Gasteiger partial charge in [-0.3, -0.25) is 9.78 Å². The second-order valence-electron chi connectivity index (χ2n) is 8.06. The molecule has 4 rings (SSSR count). The minimum absolute atomic E-state index is 0.0974. The molecule has 7 nitrogen and oxygen atoms in total. The van der Waals surface area contributed by atoms with Crippen LogP contribution < -0.4 is 4.74 Å². The van der Waals surface area contributed by atoms with Crippen LogP contribution in [0.15, 0.2) is 48.8 Å². The van der Waals surface area contributed by atoms with Crippen LogP contribution in [0, 0.1) is 12.8 Å². The first-order valence-corrected chi connectivity index (χ1v) is 10.4. The summed E-state index contributed by atoms with van der Waals surface area (Å²) in [5.74, 6) is -1.43. The van der Waals surface area contributed by atoms with Crippen molar-refractivity contribution in [3.8, 4) is 5.75 Å². The summed E-state index contributed by atoms with van der Waals surface area (Å²) in [7, 11) is 0. The van der Waals surface area contributed by atoms with Crippen LogP contribution in [0.3, 0.4) is 0 Å². The van der Waals surface area contributed by atoms with E-state index in [2.05, 4.69) is 4.98 Å². The number of hydrogen-bond acceptors (Lipinski definition) is 5. The summed E-state index contributed by atoms with van der Waals surface area (Å²) in [6, 6.07) is 11.6. The smallest absolute Gasteiger partial charge is 0.490 e. The predicted octanol–water partition coefficient (Wildman–Crippen LogP) is 3.72. The van der Waals surface area contributed by atoms with Gasteiger partial charge < -0.3 is 19.5 Å². The van der Waals surface area contributed by atoms with E-state index in [4.69, 9.17) is 19.4 Å². The number of aryl methyl sites for hydroxylation is 1. The molecular formula is C23H25F3N2O5. The third-order valence-corrected chi connectivity index (χ3v) is 5.68. The number of aromatic nitrogens is 1. The summed E-state index contributed by atoms with van der Waals surface area (Å²) < 4.78 is 43.6. The standard InChI is InChI=1S/C21H24N2O3.C2HF3O2/c1-16-4-2-5-17(12-16)20(24)23-14-21(15-23)18(8-11-26-21)7-10-25-19-6-3-9-22-13-19;3-2(4,5)1(6)7/h2-6,9,12-13,18H,7-8,10-11,14-15H2,1H3;(H,6,7). The zero-order chi connectivity index (χ0) is 24.1. The molecule has 1 aromatic heterocycles. The number of likely N-dealkylation sites (tertiary alicyclic amines) is 1. The molecule has 0 radical (unpaired) electrons. The fourth-order valence-electron chi connectivity index (χ4n) is 4.00. The van der Waals surface area contributed by atoms with Crippen molar-refractivity contribution in [3.05, 3.63) is 59.9 Å². The maximum atomic E-state index is 12.7. The minimum atomic E-state index is -5.08. The maximum Gasteiger partial charge on any atom is 0.490 e. The molecule has 1 amide bonds. The molecule has 178 valence electrons. The predicted molar refractivity (Wildman–Crippen MR) is 112 cm³/mol. The third kappa shape index (κ3) is 6.22. The number of benzene rings is 1. The quantitative estimate of drug-likeness (QED) is 0.723. The number of pyridine rings is 1. The fourth-order valence-corrected chi connectivity index (χ4v) is 4.00. The Labute approximate surface area is 189 Å². The van der Waals surface area contributed by atoms with Gasteiger partial charge in [0.1, 0.15) is 11.4 Å². The zero-order valence-corrected chi connectivity index (χ0v) is 18.0. The van der Waals surface area contributed by atoms with Crippen LogP contribution in [-0.2, 0) is 9.53 Å². The zero-order valence-electron chi connectivity index (χ0n) is 18.0. The molecule has 1 atom stereocenters. The van der Waals surface area contributed by atoms with Gasteiger partial charge in [-0.15, -0.1) is 0 Å². The van der Waals surface area contributed by atoms with Gasteiger partial charge in [0.25, 0.3) is 5.91 Å². The monoisotopic (exact) mass is 466 g/mol. The van der Waals surface area contributed by atoms with Crippen molar-refractivity contribution >= 4 is 11.9 Å². The molecule has 0 saturated carbocycles. The van der Waals surface area contributed by atoms with E-state index in [9.17, 15) is 18.0 Å². The van der Waals surface area contributed by atoms with E-state index in [1.54, 1.807) is 12.4 Å². The van der Waals surface area contributed by atoms with Gasteiger partial charge in [-0.05, 0) is 49.9 Å². The van der Waals surface area contributed by atoms with Crippen molar-refractivity contribution < 1.29 is 37.3 Å². The molecule has 1 spiro atoms. The Hall–Kier alpha value is -3.14. The van der Waals surface area contributed by atoms with Gasteiger partial charge in [-0.1, -0.05) is 17.7 Å². The van der Waals surface area contributed by atoms with Crippen molar-refractivity contribution in [2.45, 2.75) is 31.5 Å². The first-order valence-electron chi connectivity index (χ1n) is 10.4. The van der Waals surface area contributed by atoms with Gasteiger partial charge in [0.05, 0.1) is 25.9 Å². The van der Waals surface area contributed by atoms with Crippen LogP contribution >= 0.6 is 0 Å². The molecule has 0 bridgehead atoms. The highest BCUT2D eigenvalue weighted by molar-refractivity contribution is 5.95. The first kappa shape index (κ1) is 24.5. The molecule has 3 heterocycles. The Kier molecular flexibility index (Phi) is 7.57. The van der Waals surface area contributed by atoms with Crippen molar-refractivity contribution in [2.75, 3.05) is 26.3 Å². The SMILES string of the molecule is Cc1cccc(C(=O)N2CC3(C2)OCCC3CCOc2cccnc2)c1.O=C(O)C(F)(F)F. The number of carbonyl (C=O) groups excluding carboxylic acids is 1. The summed E-state index contributed by atoms with van der Waals surface area (Å²) in [6.45, 7) is 4.78. The number of carboxylic acids is 1. The van der Waals surface area contributed by atoms with Gasteiger partial charge in [0.15, 0.2) is 0 Å². The normalized spacial score (nSPS) is 18.8. The van der Waals surface area contributed by atoms with Crippen LogP contribution in [0.2, 0.25) is 0 Å². The largest absolute Gasteiger partial charge is 0.492 e. The van der Waals surface area contributed by atoms with Crippen molar-refractivity contribution in [1.29, 1.82) is 0 Å². The average molecular weight is 466 g/mol. The molecule has 33 heavy (non-hydrogen) atoms. The summed E-state index contributed by atoms with van der Waals surface area (Å²) in [4.78, 5) is 27.5. The van der Waals surface area contributed by atoms with Crippen LogP contribution in [0.1, 0.15) is 28.8 Å². The van der Waals surface area contributed by atoms with Gasteiger partial charge in [-0.25, -0.2) is 4.79 Å². The highest BCUT2D eigenvalue weighted by Gasteiger charge is 2.54. The summed E-state index contributed by atoms with van der Waals surface area (Å²) >= 11 is 0. The Balaban J connectivity index is 0.000000383. The van der Waals surface area contributed by atoms with E-state index in [-0.39, 0.29) is 11.5 Å². The number of carboxylic acid groups (broad SMARTS) is 1. The maximum absolute atomic E-state index is 12.7. The number of aliphatic carboxylic acids is 1. The van der Waals surface area contributed by atoms with E-state index in [1.165, 1.54) is 0 Å². The Morgan fingerprint density at radius 2 is 2.00 bits per heavy atom. The lowest BCUT2D eigenvalue weighted by Gasteiger charge is -2.50. The molecule has 2 aliphatic heterocycles. The Morgan fingerprint density at radius 1 is 1.27 bits per heavy atom. The topological polar surface area (TPSA) is 89.0 Å². The molecule has 2 aromatic rings. The van der Waals surface area contributed by atoms with E-state index < -0.39 is 12.1 Å². The molecule has 1 unspecified atom stereocenters. The molecular weight excluding hydrogens is 441 g/mol. The molecule has 0 aliphatic carbocycles. The van der Waals surface area contributed by atoms with Gasteiger partial charge in [0.2, 0.25) is 0 Å². The highest BCUT2D eigenvalue weighted by Crippen LogP contribution is 2.42. The fraction of sp³-hybridized carbons (Fsp3) is 0.435. The molecule has 1 N–H and O–H groups in total. The summed E-state index contributed by atoms with van der Waals surface area (Å²) in [5.41, 5.74) is 1.68. The molecule has 2 aliphatic rings. The number of hydrogen-bond donors (Lipinski definition) is 1. The van der Waals surface area contributed by atoms with E-state index in [1.807, 2.05) is 48.2 Å². The lowest BCUT2D eigenvalue weighted by Crippen LogP contribution is -2.66. The minimum Gasteiger partial charge on any atom is -0.492 e. The van der Waals surface area contributed by atoms with E-state index in [0.717, 1.165) is 36.3 Å². The van der Waals surface area contributed by atoms with Crippen LogP contribution in [-0.4, -0.2) is 64.9 Å². The number of ether oxygens (including phenoxy) is 2. The molecule has 2 fully saturated rings. The van der Waals surface area contributed by atoms with E-state index >= 15 is 0 Å². The van der Waals surface area contributed by atoms with E-state index in [0.29, 0.717) is 25.6 Å². The molecule has 1 aromatic carbocycles. The number of nitrogens with zero attached hydrogens (tertiary/aromatic N) is 2. The average Bonchev–Trinajstić information content (AvgIpc) is 3.17. The number of alkyl halides is 3. The lowest BCUT2D eigenvalue weighted by molar-refractivity contribution is -0.192.